The van der Waals surface area contributed by atoms with Gasteiger partial charge in [-0.15, -0.1) is 0 Å². The zero-order chi connectivity index (χ0) is 30.2. The Morgan fingerprint density at radius 1 is 1.17 bits per heavy atom. The Labute approximate surface area is 246 Å². The molecule has 5 atom stereocenters. The van der Waals surface area contributed by atoms with E-state index >= 15 is 0 Å². The molecule has 230 valence electrons. The number of hydrogen-bond acceptors (Lipinski definition) is 8. The maximum Gasteiger partial charge on any atom is 0.223 e. The number of methoxy groups -OCH3 is 1. The zero-order valence-corrected chi connectivity index (χ0v) is 25.8. The van der Waals surface area contributed by atoms with Gasteiger partial charge in [0.05, 0.1) is 37.7 Å². The summed E-state index contributed by atoms with van der Waals surface area (Å²) >= 11 is 0. The molecule has 0 radical (unpaired) electrons. The lowest BCUT2D eigenvalue weighted by Gasteiger charge is -2.30. The van der Waals surface area contributed by atoms with E-state index in [0.29, 0.717) is 26.4 Å². The van der Waals surface area contributed by atoms with Crippen LogP contribution in [0.5, 0.6) is 5.75 Å². The smallest absolute Gasteiger partial charge is 0.223 e. The van der Waals surface area contributed by atoms with Gasteiger partial charge in [-0.2, -0.15) is 0 Å². The number of carbonyl (C=O) groups is 1. The second kappa shape index (κ2) is 18.7. The second-order valence-electron chi connectivity index (χ2n) is 11.3. The van der Waals surface area contributed by atoms with Crippen molar-refractivity contribution >= 4 is 11.6 Å². The van der Waals surface area contributed by atoms with Crippen LogP contribution in [0.4, 0.5) is 5.69 Å². The zero-order valence-electron chi connectivity index (χ0n) is 25.8. The highest BCUT2D eigenvalue weighted by Gasteiger charge is 2.30. The number of aliphatic hydroxyl groups is 1. The number of amides is 1. The number of anilines is 1. The quantitative estimate of drug-likeness (QED) is 0.173. The first-order valence-electron chi connectivity index (χ1n) is 14.8. The van der Waals surface area contributed by atoms with Crippen molar-refractivity contribution in [3.8, 4) is 5.75 Å². The molecule has 1 aromatic carbocycles. The number of aromatic nitrogens is 1. The lowest BCUT2D eigenvalue weighted by atomic mass is 9.86. The van der Waals surface area contributed by atoms with Gasteiger partial charge in [-0.05, 0) is 54.5 Å². The maximum absolute atomic E-state index is 13.4. The second-order valence-corrected chi connectivity index (χ2v) is 11.3. The van der Waals surface area contributed by atoms with Crippen LogP contribution < -0.4 is 21.1 Å². The van der Waals surface area contributed by atoms with Crippen LogP contribution in [0, 0.1) is 24.7 Å². The Kier molecular flexibility index (Phi) is 15.7. The van der Waals surface area contributed by atoms with Gasteiger partial charge < -0.3 is 35.7 Å². The van der Waals surface area contributed by atoms with E-state index in [1.165, 1.54) is 0 Å². The summed E-state index contributed by atoms with van der Waals surface area (Å²) in [6.07, 6.45) is 4.64. The van der Waals surface area contributed by atoms with Gasteiger partial charge in [0, 0.05) is 51.0 Å². The van der Waals surface area contributed by atoms with Gasteiger partial charge in [-0.25, -0.2) is 0 Å². The number of nitrogens with zero attached hydrogens (tertiary/aromatic N) is 1. The van der Waals surface area contributed by atoms with E-state index in [9.17, 15) is 9.90 Å². The van der Waals surface area contributed by atoms with Gasteiger partial charge in [-0.3, -0.25) is 9.78 Å². The Morgan fingerprint density at radius 3 is 2.61 bits per heavy atom. The number of rotatable bonds is 20. The topological polar surface area (TPSA) is 128 Å². The molecule has 0 saturated heterocycles. The minimum absolute atomic E-state index is 0.0384. The molecule has 9 heteroatoms. The highest BCUT2D eigenvalue weighted by Crippen LogP contribution is 2.22. The first-order valence-corrected chi connectivity index (χ1v) is 14.8. The molecule has 5 N–H and O–H groups in total. The van der Waals surface area contributed by atoms with Gasteiger partial charge in [-0.1, -0.05) is 46.2 Å². The van der Waals surface area contributed by atoms with E-state index in [1.54, 1.807) is 19.5 Å². The molecule has 0 fully saturated rings. The molecule has 9 nitrogen and oxygen atoms in total. The molecule has 0 bridgehead atoms. The van der Waals surface area contributed by atoms with E-state index in [4.69, 9.17) is 19.9 Å². The SMILES string of the molecule is CC[C@H](C)[C@@H](CNc1cccnc1)NC(=O)[C@@H](C[C@H](O)[C@@H](N)COCc1ccc(C)c(OCCCOC)c1)C(C)C. The molecular weight excluding hydrogens is 520 g/mol. The largest absolute Gasteiger partial charge is 0.493 e. The third-order valence-electron chi connectivity index (χ3n) is 7.56. The molecule has 0 aliphatic carbocycles. The summed E-state index contributed by atoms with van der Waals surface area (Å²) in [5.41, 5.74) is 9.23. The summed E-state index contributed by atoms with van der Waals surface area (Å²) in [7, 11) is 1.68. The minimum Gasteiger partial charge on any atom is -0.493 e. The molecular formula is C32H52N4O5. The lowest BCUT2D eigenvalue weighted by molar-refractivity contribution is -0.128. The highest BCUT2D eigenvalue weighted by molar-refractivity contribution is 5.79. The van der Waals surface area contributed by atoms with Crippen molar-refractivity contribution in [2.45, 2.75) is 78.7 Å². The van der Waals surface area contributed by atoms with Crippen LogP contribution in [0.25, 0.3) is 0 Å². The first-order chi connectivity index (χ1) is 19.7. The van der Waals surface area contributed by atoms with E-state index < -0.39 is 12.1 Å². The molecule has 1 heterocycles. The molecule has 1 aromatic heterocycles. The van der Waals surface area contributed by atoms with E-state index in [1.807, 2.05) is 51.1 Å². The average Bonchev–Trinajstić information content (AvgIpc) is 2.97. The van der Waals surface area contributed by atoms with Crippen LogP contribution in [0.15, 0.2) is 42.7 Å². The fourth-order valence-electron chi connectivity index (χ4n) is 4.48. The normalized spacial score (nSPS) is 15.1. The number of nitrogens with two attached hydrogens (primary N) is 1. The monoisotopic (exact) mass is 572 g/mol. The number of nitrogens with one attached hydrogen (secondary N) is 2. The Balaban J connectivity index is 1.89. The fraction of sp³-hybridized carbons (Fsp3) is 0.625. The van der Waals surface area contributed by atoms with E-state index in [-0.39, 0.29) is 42.7 Å². The number of aliphatic hydroxyl groups excluding tert-OH is 1. The molecule has 0 unspecified atom stereocenters. The van der Waals surface area contributed by atoms with Gasteiger partial charge in [0.2, 0.25) is 5.91 Å². The van der Waals surface area contributed by atoms with Gasteiger partial charge in [0.15, 0.2) is 0 Å². The van der Waals surface area contributed by atoms with Crippen molar-refractivity contribution in [3.05, 3.63) is 53.9 Å². The number of pyridine rings is 1. The third kappa shape index (κ3) is 12.4. The van der Waals surface area contributed by atoms with Gasteiger partial charge in [0.25, 0.3) is 0 Å². The molecule has 0 saturated carbocycles. The van der Waals surface area contributed by atoms with Crippen molar-refractivity contribution in [1.29, 1.82) is 0 Å². The third-order valence-corrected chi connectivity index (χ3v) is 7.56. The molecule has 0 spiro atoms. The predicted molar refractivity (Wildman–Crippen MR) is 164 cm³/mol. The number of benzene rings is 1. The molecule has 0 aliphatic heterocycles. The average molecular weight is 573 g/mol. The van der Waals surface area contributed by atoms with Crippen molar-refractivity contribution in [2.24, 2.45) is 23.5 Å². The van der Waals surface area contributed by atoms with Crippen LogP contribution in [0.1, 0.15) is 58.1 Å². The molecule has 2 rings (SSSR count). The first kappa shape index (κ1) is 34.5. The van der Waals surface area contributed by atoms with Crippen molar-refractivity contribution in [1.82, 2.24) is 10.3 Å². The Hall–Kier alpha value is -2.72. The molecule has 41 heavy (non-hydrogen) atoms. The van der Waals surface area contributed by atoms with Crippen LogP contribution in [-0.2, 0) is 20.9 Å². The van der Waals surface area contributed by atoms with Crippen LogP contribution in [-0.4, -0.2) is 67.7 Å². The highest BCUT2D eigenvalue weighted by atomic mass is 16.5. The Bertz CT molecular complexity index is 1010. The maximum atomic E-state index is 13.4. The molecule has 2 aromatic rings. The predicted octanol–water partition coefficient (Wildman–Crippen LogP) is 4.32. The summed E-state index contributed by atoms with van der Waals surface area (Å²) in [4.78, 5) is 17.5. The van der Waals surface area contributed by atoms with Gasteiger partial charge in [0.1, 0.15) is 5.75 Å². The minimum atomic E-state index is -0.874. The fourth-order valence-corrected chi connectivity index (χ4v) is 4.48. The van der Waals surface area contributed by atoms with Crippen LogP contribution in [0.3, 0.4) is 0 Å². The molecule has 1 amide bonds. The summed E-state index contributed by atoms with van der Waals surface area (Å²) in [6.45, 7) is 12.6. The van der Waals surface area contributed by atoms with Crippen molar-refractivity contribution in [3.63, 3.8) is 0 Å². The number of hydrogen-bond donors (Lipinski definition) is 4. The number of ether oxygens (including phenoxy) is 3. The standard InChI is InChI=1S/C32H52N4O5/c1-7-23(4)29(19-35-26-10-8-13-34-18-26)36-32(38)27(22(2)3)17-30(37)28(33)21-40-20-25-12-11-24(5)31(16-25)41-15-9-14-39-6/h8,10-13,16,18,22-23,27-30,35,37H,7,9,14-15,17,19-21,33H2,1-6H3,(H,36,38)/t23-,27-,28-,29+,30-/m0/s1. The lowest BCUT2D eigenvalue weighted by Crippen LogP contribution is -2.49. The summed E-state index contributed by atoms with van der Waals surface area (Å²) in [5.74, 6) is 0.689. The number of aryl methyl sites for hydroxylation is 1. The van der Waals surface area contributed by atoms with E-state index in [2.05, 4.69) is 29.5 Å². The van der Waals surface area contributed by atoms with Gasteiger partial charge >= 0.3 is 0 Å². The summed E-state index contributed by atoms with van der Waals surface area (Å²) in [6, 6.07) is 9.12. The van der Waals surface area contributed by atoms with Crippen LogP contribution >= 0.6 is 0 Å². The summed E-state index contributed by atoms with van der Waals surface area (Å²) < 4.78 is 16.8. The van der Waals surface area contributed by atoms with E-state index in [0.717, 1.165) is 35.4 Å². The molecule has 0 aliphatic rings. The Morgan fingerprint density at radius 2 is 1.95 bits per heavy atom. The van der Waals surface area contributed by atoms with Crippen molar-refractivity contribution < 1.29 is 24.1 Å². The van der Waals surface area contributed by atoms with Crippen LogP contribution in [0.2, 0.25) is 0 Å². The number of carbonyl (C=O) groups excluding carboxylic acids is 1. The van der Waals surface area contributed by atoms with Crippen molar-refractivity contribution in [2.75, 3.05) is 38.8 Å². The summed E-state index contributed by atoms with van der Waals surface area (Å²) in [5, 5.41) is 17.5.